The predicted molar refractivity (Wildman–Crippen MR) is 93.4 cm³/mol. The Balaban J connectivity index is 1.60. The Morgan fingerprint density at radius 1 is 1.00 bits per heavy atom. The Kier molecular flexibility index (Phi) is 4.89. The van der Waals surface area contributed by atoms with Crippen LogP contribution in [0.5, 0.6) is 0 Å². The van der Waals surface area contributed by atoms with Crippen LogP contribution in [-0.2, 0) is 23.9 Å². The summed E-state index contributed by atoms with van der Waals surface area (Å²) in [5, 5.41) is 11.2. The molecule has 8 heteroatoms. The lowest BCUT2D eigenvalue weighted by Gasteiger charge is -2.58. The second kappa shape index (κ2) is 6.91. The average molecular weight is 413 g/mol. The molecule has 5 rings (SSSR count). The summed E-state index contributed by atoms with van der Waals surface area (Å²) < 4.78 is 39.7. The highest BCUT2D eigenvalue weighted by Crippen LogP contribution is 2.63. The number of esters is 2. The number of hydrogen-bond donors (Lipinski definition) is 0. The molecule has 5 saturated carbocycles. The molecule has 0 radical (unpaired) electrons. The lowest BCUT2D eigenvalue weighted by molar-refractivity contribution is -0.347. The molecule has 0 aromatic heterocycles. The summed E-state index contributed by atoms with van der Waals surface area (Å²) in [6.07, 6.45) is 4.10. The van der Waals surface area contributed by atoms with Crippen molar-refractivity contribution in [2.24, 2.45) is 29.1 Å². The van der Waals surface area contributed by atoms with Crippen LogP contribution in [0.4, 0.5) is 8.78 Å². The molecule has 0 aromatic carbocycles. The lowest BCUT2D eigenvalue weighted by atomic mass is 9.46. The number of carbonyl (C=O) groups excluding carboxylic acids is 3. The Labute approximate surface area is 168 Å². The summed E-state index contributed by atoms with van der Waals surface area (Å²) in [6.45, 7) is 0. The van der Waals surface area contributed by atoms with Crippen molar-refractivity contribution in [1.82, 2.24) is 0 Å². The number of ether oxygens (including phenoxy) is 2. The number of rotatable bonds is 5. The minimum Gasteiger partial charge on any atom is -0.544 e. The van der Waals surface area contributed by atoms with Gasteiger partial charge in [-0.25, -0.2) is 0 Å². The first-order valence-electron chi connectivity index (χ1n) is 10.5. The first-order valence-corrected chi connectivity index (χ1v) is 10.5. The Morgan fingerprint density at radius 2 is 1.59 bits per heavy atom. The van der Waals surface area contributed by atoms with Crippen molar-refractivity contribution in [3.63, 3.8) is 0 Å². The van der Waals surface area contributed by atoms with E-state index in [0.29, 0.717) is 38.5 Å². The van der Waals surface area contributed by atoms with Crippen LogP contribution in [0, 0.1) is 29.1 Å². The third-order valence-electron chi connectivity index (χ3n) is 7.96. The number of halogens is 2. The average Bonchev–Trinajstić information content (AvgIpc) is 2.67. The topological polar surface area (TPSA) is 92.7 Å². The van der Waals surface area contributed by atoms with Crippen LogP contribution in [-0.4, -0.2) is 36.5 Å². The molecule has 5 aliphatic carbocycles. The summed E-state index contributed by atoms with van der Waals surface area (Å²) in [5.74, 6) is -7.77. The van der Waals surface area contributed by atoms with Crippen molar-refractivity contribution in [2.75, 3.05) is 7.11 Å². The maximum absolute atomic E-state index is 14.6. The van der Waals surface area contributed by atoms with Gasteiger partial charge in [-0.1, -0.05) is 6.42 Å². The van der Waals surface area contributed by atoms with Crippen LogP contribution in [0.15, 0.2) is 0 Å². The van der Waals surface area contributed by atoms with Gasteiger partial charge in [0.25, 0.3) is 0 Å². The van der Waals surface area contributed by atoms with Crippen molar-refractivity contribution in [3.05, 3.63) is 0 Å². The molecule has 5 aliphatic rings. The number of carboxylic acids is 1. The molecule has 0 spiro atoms. The van der Waals surface area contributed by atoms with Crippen molar-refractivity contribution in [2.45, 2.75) is 75.7 Å². The van der Waals surface area contributed by atoms with E-state index in [-0.39, 0.29) is 42.5 Å². The van der Waals surface area contributed by atoms with E-state index in [1.807, 2.05) is 0 Å². The first kappa shape index (κ1) is 20.5. The molecule has 0 heterocycles. The number of hydrogen-bond acceptors (Lipinski definition) is 6. The number of alkyl halides is 2. The molecule has 2 atom stereocenters. The van der Waals surface area contributed by atoms with Crippen molar-refractivity contribution in [3.8, 4) is 0 Å². The van der Waals surface area contributed by atoms with Crippen LogP contribution in [0.3, 0.4) is 0 Å². The molecule has 0 amide bonds. The molecule has 0 aliphatic heterocycles. The van der Waals surface area contributed by atoms with E-state index in [1.54, 1.807) is 0 Å². The largest absolute Gasteiger partial charge is 0.544 e. The van der Waals surface area contributed by atoms with Crippen LogP contribution in [0.2, 0.25) is 0 Å². The summed E-state index contributed by atoms with van der Waals surface area (Å²) in [5.41, 5.74) is -3.25. The third kappa shape index (κ3) is 3.05. The van der Waals surface area contributed by atoms with E-state index < -0.39 is 28.9 Å². The maximum Gasteiger partial charge on any atom is 0.325 e. The van der Waals surface area contributed by atoms with Crippen molar-refractivity contribution < 1.29 is 37.7 Å². The molecule has 4 bridgehead atoms. The summed E-state index contributed by atoms with van der Waals surface area (Å²) in [6, 6.07) is 0. The maximum atomic E-state index is 14.6. The van der Waals surface area contributed by atoms with E-state index in [2.05, 4.69) is 0 Å². The summed E-state index contributed by atoms with van der Waals surface area (Å²) in [7, 11) is 1.35. The molecule has 6 nitrogen and oxygen atoms in total. The summed E-state index contributed by atoms with van der Waals surface area (Å²) >= 11 is 0. The van der Waals surface area contributed by atoms with Gasteiger partial charge >= 0.3 is 17.9 Å². The molecule has 0 aromatic rings. The fourth-order valence-corrected chi connectivity index (χ4v) is 6.87. The minimum atomic E-state index is -4.24. The number of carboxylic acid groups (broad SMARTS) is 1. The molecule has 162 valence electrons. The van der Waals surface area contributed by atoms with E-state index in [1.165, 1.54) is 7.11 Å². The zero-order valence-corrected chi connectivity index (χ0v) is 16.6. The van der Waals surface area contributed by atoms with Gasteiger partial charge in [0.2, 0.25) is 0 Å². The molecule has 0 saturated heterocycles. The highest BCUT2D eigenvalue weighted by molar-refractivity contribution is 5.81. The zero-order valence-electron chi connectivity index (χ0n) is 16.6. The first-order chi connectivity index (χ1) is 13.6. The van der Waals surface area contributed by atoms with Gasteiger partial charge in [0.15, 0.2) is 5.60 Å². The van der Waals surface area contributed by atoms with E-state index in [0.717, 1.165) is 12.8 Å². The van der Waals surface area contributed by atoms with Crippen molar-refractivity contribution >= 4 is 17.9 Å². The van der Waals surface area contributed by atoms with Crippen LogP contribution in [0.1, 0.15) is 64.2 Å². The van der Waals surface area contributed by atoms with E-state index >= 15 is 0 Å². The highest BCUT2D eigenvalue weighted by Gasteiger charge is 2.64. The SMILES string of the molecule is COC(=O)C1C2CC3CC1CC(C(=O)OC1(C(F)(F)C(=O)[O-])CCCCC1)(C3)C2. The second-order valence-corrected chi connectivity index (χ2v) is 9.61. The van der Waals surface area contributed by atoms with Crippen LogP contribution in [0.25, 0.3) is 0 Å². The standard InChI is InChI=1S/C21H28F2O6/c1-28-16(24)15-13-7-12-8-14(15)11-19(9-12,10-13)18(27)29-20(5-3-2-4-6-20)21(22,23)17(25)26/h12-15H,2-11H2,1H3,(H,25,26)/p-1. The molecule has 0 N–H and O–H groups in total. The number of aliphatic carboxylic acids is 1. The minimum absolute atomic E-state index is 0.0230. The van der Waals surface area contributed by atoms with Gasteiger partial charge in [-0.2, -0.15) is 8.78 Å². The lowest BCUT2D eigenvalue weighted by Crippen LogP contribution is -2.63. The number of carbonyl (C=O) groups is 3. The Bertz CT molecular complexity index is 698. The predicted octanol–water partition coefficient (Wildman–Crippen LogP) is 2.23. The molecule has 5 fully saturated rings. The van der Waals surface area contributed by atoms with Gasteiger partial charge in [-0.05, 0) is 75.5 Å². The fourth-order valence-electron chi connectivity index (χ4n) is 6.87. The van der Waals surface area contributed by atoms with Gasteiger partial charge in [-0.15, -0.1) is 0 Å². The molecule has 29 heavy (non-hydrogen) atoms. The molecule has 2 unspecified atom stereocenters. The Hall–Kier alpha value is -1.73. The quantitative estimate of drug-likeness (QED) is 0.642. The monoisotopic (exact) mass is 413 g/mol. The highest BCUT2D eigenvalue weighted by atomic mass is 19.3. The van der Waals surface area contributed by atoms with Gasteiger partial charge in [0.05, 0.1) is 18.4 Å². The number of methoxy groups -OCH3 is 1. The third-order valence-corrected chi connectivity index (χ3v) is 7.96. The van der Waals surface area contributed by atoms with Crippen molar-refractivity contribution in [1.29, 1.82) is 0 Å². The van der Waals surface area contributed by atoms with E-state index in [9.17, 15) is 28.3 Å². The smallest absolute Gasteiger partial charge is 0.325 e. The Morgan fingerprint density at radius 3 is 2.10 bits per heavy atom. The van der Waals surface area contributed by atoms with E-state index in [4.69, 9.17) is 9.47 Å². The fraction of sp³-hybridized carbons (Fsp3) is 0.857. The zero-order chi connectivity index (χ0) is 21.0. The normalized spacial score (nSPS) is 37.8. The summed E-state index contributed by atoms with van der Waals surface area (Å²) in [4.78, 5) is 36.7. The molecular weight excluding hydrogens is 386 g/mol. The molecular formula is C21H27F2O6-. The van der Waals surface area contributed by atoms with Gasteiger partial charge < -0.3 is 19.4 Å². The van der Waals surface area contributed by atoms with Gasteiger partial charge in [0.1, 0.15) is 5.97 Å². The van der Waals surface area contributed by atoms with Crippen LogP contribution >= 0.6 is 0 Å². The van der Waals surface area contributed by atoms with Gasteiger partial charge in [0, 0.05) is 0 Å². The van der Waals surface area contributed by atoms with Gasteiger partial charge in [-0.3, -0.25) is 9.59 Å². The second-order valence-electron chi connectivity index (χ2n) is 9.61. The van der Waals surface area contributed by atoms with Crippen LogP contribution < -0.4 is 5.11 Å².